The van der Waals surface area contributed by atoms with Crippen LogP contribution in [0.2, 0.25) is 0 Å². The number of benzene rings is 2. The van der Waals surface area contributed by atoms with Crippen molar-refractivity contribution in [1.82, 2.24) is 10.2 Å². The molecule has 1 amide bonds. The quantitative estimate of drug-likeness (QED) is 0.160. The second-order valence-electron chi connectivity index (χ2n) is 7.87. The van der Waals surface area contributed by atoms with E-state index in [1.54, 1.807) is 24.1 Å². The van der Waals surface area contributed by atoms with Crippen molar-refractivity contribution in [1.29, 1.82) is 0 Å². The number of rotatable bonds is 8. The molecule has 2 aromatic heterocycles. The van der Waals surface area contributed by atoms with Crippen LogP contribution in [0, 0.1) is 13.8 Å². The van der Waals surface area contributed by atoms with Crippen LogP contribution in [-0.4, -0.2) is 28.5 Å². The van der Waals surface area contributed by atoms with Crippen LogP contribution in [0.4, 0.5) is 5.13 Å². The van der Waals surface area contributed by atoms with E-state index in [4.69, 9.17) is 9.15 Å². The number of fused-ring (bicyclic) bond motifs is 1. The molecule has 0 bridgehead atoms. The normalized spacial score (nSPS) is 11.7. The van der Waals surface area contributed by atoms with Gasteiger partial charge >= 0.3 is 0 Å². The number of allylic oxidation sites excluding steroid dienone is 1. The second-order valence-corrected chi connectivity index (χ2v) is 10.4. The number of carbonyl (C=O) groups excluding carboxylic acids is 1. The monoisotopic (exact) mass is 493 g/mol. The molecule has 0 spiro atoms. The van der Waals surface area contributed by atoms with Crippen LogP contribution in [0.1, 0.15) is 37.5 Å². The zero-order valence-corrected chi connectivity index (χ0v) is 21.5. The summed E-state index contributed by atoms with van der Waals surface area (Å²) in [5, 5.41) is 12.4. The molecule has 2 aromatic carbocycles. The van der Waals surface area contributed by atoms with E-state index in [2.05, 4.69) is 54.5 Å². The summed E-state index contributed by atoms with van der Waals surface area (Å²) in [4.78, 5) is 12.7. The molecule has 4 aromatic rings. The second kappa shape index (κ2) is 10.4. The van der Waals surface area contributed by atoms with Gasteiger partial charge in [0.15, 0.2) is 4.34 Å². The maximum absolute atomic E-state index is 12.7. The van der Waals surface area contributed by atoms with Gasteiger partial charge in [-0.2, -0.15) is 0 Å². The Morgan fingerprint density at radius 2 is 2.00 bits per heavy atom. The first-order valence-corrected chi connectivity index (χ1v) is 12.9. The third-order valence-corrected chi connectivity index (χ3v) is 7.18. The molecule has 0 atom stereocenters. The Bertz CT molecular complexity index is 1370. The summed E-state index contributed by atoms with van der Waals surface area (Å²) in [7, 11) is 0. The average molecular weight is 494 g/mol. The number of anilines is 1. The summed E-state index contributed by atoms with van der Waals surface area (Å²) < 4.78 is 12.6. The van der Waals surface area contributed by atoms with Gasteiger partial charge in [-0.15, -0.1) is 10.2 Å². The smallest absolute Gasteiger partial charge is 0.250 e. The summed E-state index contributed by atoms with van der Waals surface area (Å²) >= 11 is 2.96. The van der Waals surface area contributed by atoms with Crippen LogP contribution in [0.15, 0.2) is 51.4 Å². The van der Waals surface area contributed by atoms with Crippen molar-refractivity contribution in [3.63, 3.8) is 0 Å². The van der Waals surface area contributed by atoms with E-state index >= 15 is 0 Å². The highest BCUT2D eigenvalue weighted by molar-refractivity contribution is 8.01. The summed E-state index contributed by atoms with van der Waals surface area (Å²) in [5.41, 5.74) is 6.91. The largest absolute Gasteiger partial charge is 0.493 e. The van der Waals surface area contributed by atoms with Gasteiger partial charge in [0, 0.05) is 28.7 Å². The van der Waals surface area contributed by atoms with E-state index in [0.29, 0.717) is 17.5 Å². The van der Waals surface area contributed by atoms with Gasteiger partial charge in [0.1, 0.15) is 11.3 Å². The Morgan fingerprint density at radius 3 is 2.74 bits per heavy atom. The molecule has 0 saturated heterocycles. The first-order valence-electron chi connectivity index (χ1n) is 11.1. The summed E-state index contributed by atoms with van der Waals surface area (Å²) in [6, 6.07) is 10.3. The number of carbonyl (C=O) groups is 1. The zero-order chi connectivity index (χ0) is 24.2. The van der Waals surface area contributed by atoms with Crippen LogP contribution in [0.3, 0.4) is 0 Å². The Balaban J connectivity index is 1.70. The van der Waals surface area contributed by atoms with E-state index in [1.165, 1.54) is 22.5 Å². The molecular weight excluding hydrogens is 466 g/mol. The van der Waals surface area contributed by atoms with E-state index in [0.717, 1.165) is 43.3 Å². The molecule has 2 heterocycles. The predicted octanol–water partition coefficient (Wildman–Crippen LogP) is 7.12. The van der Waals surface area contributed by atoms with E-state index in [-0.39, 0.29) is 5.91 Å². The van der Waals surface area contributed by atoms with Crippen molar-refractivity contribution >= 4 is 50.7 Å². The van der Waals surface area contributed by atoms with Crippen LogP contribution >= 0.6 is 23.1 Å². The van der Waals surface area contributed by atoms with Crippen molar-refractivity contribution in [3.05, 3.63) is 59.4 Å². The molecule has 0 unspecified atom stereocenters. The number of ether oxygens (including phenoxy) is 1. The number of hydrogen-bond donors (Lipinski definition) is 1. The summed E-state index contributed by atoms with van der Waals surface area (Å²) in [6.45, 7) is 10.6. The van der Waals surface area contributed by atoms with Gasteiger partial charge in [-0.05, 0) is 56.2 Å². The van der Waals surface area contributed by atoms with Crippen molar-refractivity contribution in [2.24, 2.45) is 0 Å². The van der Waals surface area contributed by atoms with Gasteiger partial charge in [0.2, 0.25) is 11.0 Å². The molecular formula is C26H27N3O3S2. The molecule has 8 heteroatoms. The van der Waals surface area contributed by atoms with Gasteiger partial charge in [-0.1, -0.05) is 53.8 Å². The number of furan rings is 1. The van der Waals surface area contributed by atoms with E-state index < -0.39 is 0 Å². The van der Waals surface area contributed by atoms with Gasteiger partial charge in [-0.25, -0.2) is 0 Å². The van der Waals surface area contributed by atoms with Gasteiger partial charge in [0.25, 0.3) is 0 Å². The Hall–Kier alpha value is -3.10. The first kappa shape index (κ1) is 24.0. The third-order valence-electron chi connectivity index (χ3n) is 5.32. The molecule has 0 aliphatic rings. The molecule has 0 fully saturated rings. The van der Waals surface area contributed by atoms with Gasteiger partial charge in [-0.3, -0.25) is 10.1 Å². The average Bonchev–Trinajstić information content (AvgIpc) is 3.40. The standard InChI is InChI=1S/C26H27N3O3S2/c1-6-31-22-13-23-20(21(14-32-23)18-9-8-15(3)10-16(18)4)12-19(22)17(5)11-24(30)27-25-28-29-26(34-25)33-7-2/h8-14H,6-7H2,1-5H3,(H,27,28,30)/b17-11+. The van der Waals surface area contributed by atoms with Crippen LogP contribution in [-0.2, 0) is 4.79 Å². The minimum Gasteiger partial charge on any atom is -0.493 e. The minimum atomic E-state index is -0.258. The number of aromatic nitrogens is 2. The Kier molecular flexibility index (Phi) is 7.38. The molecule has 6 nitrogen and oxygen atoms in total. The number of nitrogens with zero attached hydrogens (tertiary/aromatic N) is 2. The minimum absolute atomic E-state index is 0.258. The Labute approximate surface area is 207 Å². The van der Waals surface area contributed by atoms with Crippen molar-refractivity contribution in [2.75, 3.05) is 17.7 Å². The molecule has 34 heavy (non-hydrogen) atoms. The fourth-order valence-corrected chi connectivity index (χ4v) is 5.47. The lowest BCUT2D eigenvalue weighted by molar-refractivity contribution is -0.111. The van der Waals surface area contributed by atoms with Crippen LogP contribution < -0.4 is 10.1 Å². The number of amides is 1. The summed E-state index contributed by atoms with van der Waals surface area (Å²) in [6.07, 6.45) is 3.35. The van der Waals surface area contributed by atoms with Crippen molar-refractivity contribution < 1.29 is 13.9 Å². The molecule has 0 aliphatic heterocycles. The molecule has 0 radical (unpaired) electrons. The highest BCUT2D eigenvalue weighted by Gasteiger charge is 2.17. The van der Waals surface area contributed by atoms with Gasteiger partial charge < -0.3 is 9.15 Å². The van der Waals surface area contributed by atoms with Crippen LogP contribution in [0.5, 0.6) is 5.75 Å². The first-order chi connectivity index (χ1) is 16.4. The number of nitrogens with one attached hydrogen (secondary N) is 1. The Morgan fingerprint density at radius 1 is 1.18 bits per heavy atom. The zero-order valence-electron chi connectivity index (χ0n) is 19.9. The lowest BCUT2D eigenvalue weighted by Gasteiger charge is -2.12. The van der Waals surface area contributed by atoms with Gasteiger partial charge in [0.05, 0.1) is 12.9 Å². The highest BCUT2D eigenvalue weighted by atomic mass is 32.2. The number of hydrogen-bond acceptors (Lipinski definition) is 7. The highest BCUT2D eigenvalue weighted by Crippen LogP contribution is 2.38. The SMILES string of the molecule is CCOc1cc2occ(-c3ccc(C)cc3C)c2cc1/C(C)=C/C(=O)Nc1nnc(SCC)s1. The fraction of sp³-hybridized carbons (Fsp3) is 0.269. The van der Waals surface area contributed by atoms with Crippen molar-refractivity contribution in [3.8, 4) is 16.9 Å². The van der Waals surface area contributed by atoms with Crippen LogP contribution in [0.25, 0.3) is 27.7 Å². The van der Waals surface area contributed by atoms with Crippen molar-refractivity contribution in [2.45, 2.75) is 39.0 Å². The lowest BCUT2D eigenvalue weighted by Crippen LogP contribution is -2.08. The fourth-order valence-electron chi connectivity index (χ4n) is 3.82. The predicted molar refractivity (Wildman–Crippen MR) is 141 cm³/mol. The molecule has 0 saturated carbocycles. The number of thioether (sulfide) groups is 1. The summed E-state index contributed by atoms with van der Waals surface area (Å²) in [5.74, 6) is 1.32. The van der Waals surface area contributed by atoms with E-state index in [1.807, 2.05) is 26.0 Å². The van der Waals surface area contributed by atoms with E-state index in [9.17, 15) is 4.79 Å². The maximum atomic E-state index is 12.7. The molecule has 4 rings (SSSR count). The third kappa shape index (κ3) is 5.18. The molecule has 0 aliphatic carbocycles. The molecule has 1 N–H and O–H groups in total. The molecule has 176 valence electrons. The number of aryl methyl sites for hydroxylation is 2. The topological polar surface area (TPSA) is 77.2 Å². The lowest BCUT2D eigenvalue weighted by atomic mass is 9.96. The maximum Gasteiger partial charge on any atom is 0.250 e.